The molecule has 2 heterocycles. The molecule has 0 bridgehead atoms. The molecule has 4 aromatic rings. The van der Waals surface area contributed by atoms with Crippen LogP contribution in [0.1, 0.15) is 5.56 Å². The van der Waals surface area contributed by atoms with Crippen LogP contribution < -0.4 is 0 Å². The van der Waals surface area contributed by atoms with Gasteiger partial charge in [-0.2, -0.15) is 0 Å². The standard InChI is InChI=1S/C19H14BrN3Se/c20-15-8-2-1-7-14(15)13-22-16-9-3-4-10-17(16)23(19(22)24)18-11-5-6-12-21-18/h1-12H,13H2. The van der Waals surface area contributed by atoms with E-state index in [1.54, 1.807) is 0 Å². The Morgan fingerprint density at radius 1 is 0.875 bits per heavy atom. The van der Waals surface area contributed by atoms with Crippen LogP contribution in [0.5, 0.6) is 0 Å². The third kappa shape index (κ3) is 2.69. The zero-order valence-electron chi connectivity index (χ0n) is 12.8. The molecule has 24 heavy (non-hydrogen) atoms. The van der Waals surface area contributed by atoms with Crippen LogP contribution in [0.15, 0.2) is 77.4 Å². The third-order valence-electron chi connectivity index (χ3n) is 4.00. The molecule has 2 aromatic carbocycles. The van der Waals surface area contributed by atoms with Gasteiger partial charge in [0.2, 0.25) is 0 Å². The fourth-order valence-corrected chi connectivity index (χ4v) is 4.02. The number of halogens is 1. The van der Waals surface area contributed by atoms with E-state index in [2.05, 4.69) is 88.1 Å². The minimum atomic E-state index is 0.782. The van der Waals surface area contributed by atoms with E-state index in [4.69, 9.17) is 0 Å². The van der Waals surface area contributed by atoms with E-state index in [0.717, 1.165) is 26.7 Å². The van der Waals surface area contributed by atoms with Gasteiger partial charge in [0.05, 0.1) is 0 Å². The summed E-state index contributed by atoms with van der Waals surface area (Å²) in [6.45, 7) is 0.782. The normalized spacial score (nSPS) is 11.0. The number of hydrogen-bond acceptors (Lipinski definition) is 1. The van der Waals surface area contributed by atoms with Gasteiger partial charge < -0.3 is 0 Å². The predicted octanol–water partition coefficient (Wildman–Crippen LogP) is 4.34. The van der Waals surface area contributed by atoms with Crippen LogP contribution >= 0.6 is 15.9 Å². The number of para-hydroxylation sites is 2. The first-order chi connectivity index (χ1) is 11.8. The van der Waals surface area contributed by atoms with Crippen molar-refractivity contribution in [3.05, 3.63) is 87.3 Å². The number of imidazole rings is 1. The summed E-state index contributed by atoms with van der Waals surface area (Å²) in [6.07, 6.45) is 1.82. The Morgan fingerprint density at radius 2 is 1.58 bits per heavy atom. The van der Waals surface area contributed by atoms with E-state index in [0.29, 0.717) is 0 Å². The third-order valence-corrected chi connectivity index (χ3v) is 5.62. The van der Waals surface area contributed by atoms with Gasteiger partial charge in [0.15, 0.2) is 0 Å². The molecule has 0 aliphatic carbocycles. The van der Waals surface area contributed by atoms with Crippen molar-refractivity contribution in [2.75, 3.05) is 0 Å². The van der Waals surface area contributed by atoms with E-state index in [9.17, 15) is 0 Å². The molecule has 4 rings (SSSR count). The average Bonchev–Trinajstić information content (AvgIpc) is 2.90. The molecule has 0 aliphatic rings. The van der Waals surface area contributed by atoms with Gasteiger partial charge >= 0.3 is 156 Å². The SMILES string of the molecule is [Se]=c1n(Cc2ccccc2Br)c2ccccc2n1-c1ccccn1. The van der Waals surface area contributed by atoms with Crippen LogP contribution in [-0.2, 0) is 6.54 Å². The van der Waals surface area contributed by atoms with Gasteiger partial charge in [0.25, 0.3) is 0 Å². The second-order valence-corrected chi connectivity index (χ2v) is 7.09. The van der Waals surface area contributed by atoms with Crippen molar-refractivity contribution in [1.29, 1.82) is 0 Å². The molecule has 0 radical (unpaired) electrons. The first-order valence-corrected chi connectivity index (χ1v) is 9.26. The number of hydrogen-bond donors (Lipinski definition) is 0. The Kier molecular flexibility index (Phi) is 4.23. The minimum absolute atomic E-state index is 0.782. The molecule has 0 spiro atoms. The van der Waals surface area contributed by atoms with Gasteiger partial charge in [-0.05, 0) is 0 Å². The predicted molar refractivity (Wildman–Crippen MR) is 101 cm³/mol. The van der Waals surface area contributed by atoms with Crippen molar-refractivity contribution < 1.29 is 0 Å². The second-order valence-electron chi connectivity index (χ2n) is 5.47. The Hall–Kier alpha value is -1.94. The molecular formula is C19H14BrN3Se. The maximum absolute atomic E-state index is 4.52. The second kappa shape index (κ2) is 6.52. The van der Waals surface area contributed by atoms with Gasteiger partial charge in [0.1, 0.15) is 0 Å². The molecule has 3 nitrogen and oxygen atoms in total. The molecule has 0 aliphatic heterocycles. The zero-order valence-corrected chi connectivity index (χ0v) is 16.1. The van der Waals surface area contributed by atoms with E-state index in [-0.39, 0.29) is 0 Å². The number of benzene rings is 2. The number of fused-ring (bicyclic) bond motifs is 1. The first kappa shape index (κ1) is 15.6. The van der Waals surface area contributed by atoms with E-state index >= 15 is 0 Å². The summed E-state index contributed by atoms with van der Waals surface area (Å²) in [5.74, 6) is 0.910. The number of aromatic nitrogens is 3. The van der Waals surface area contributed by atoms with Gasteiger partial charge in [-0.3, -0.25) is 0 Å². The van der Waals surface area contributed by atoms with E-state index < -0.39 is 0 Å². The average molecular weight is 443 g/mol. The first-order valence-electron chi connectivity index (χ1n) is 7.61. The summed E-state index contributed by atoms with van der Waals surface area (Å²) in [5, 5.41) is 0. The summed E-state index contributed by atoms with van der Waals surface area (Å²) in [5.41, 5.74) is 3.55. The van der Waals surface area contributed by atoms with Crippen molar-refractivity contribution in [3.8, 4) is 5.82 Å². The summed E-state index contributed by atoms with van der Waals surface area (Å²) < 4.78 is 6.59. The van der Waals surface area contributed by atoms with Crippen LogP contribution in [0, 0.1) is 4.32 Å². The zero-order chi connectivity index (χ0) is 16.5. The van der Waals surface area contributed by atoms with Crippen molar-refractivity contribution in [2.24, 2.45) is 0 Å². The van der Waals surface area contributed by atoms with Crippen LogP contribution in [-0.4, -0.2) is 29.7 Å². The van der Waals surface area contributed by atoms with Crippen LogP contribution in [0.3, 0.4) is 0 Å². The molecule has 118 valence electrons. The van der Waals surface area contributed by atoms with Crippen molar-refractivity contribution >= 4 is 42.5 Å². The van der Waals surface area contributed by atoms with Crippen molar-refractivity contribution in [2.45, 2.75) is 6.54 Å². The summed E-state index contributed by atoms with van der Waals surface area (Å²) in [7, 11) is 0. The molecule has 0 saturated carbocycles. The van der Waals surface area contributed by atoms with Gasteiger partial charge in [-0.25, -0.2) is 0 Å². The van der Waals surface area contributed by atoms with Gasteiger partial charge in [-0.15, -0.1) is 0 Å². The molecule has 0 saturated heterocycles. The number of nitrogens with zero attached hydrogens (tertiary/aromatic N) is 3. The Balaban J connectivity index is 1.96. The Labute approximate surface area is 156 Å². The fraction of sp³-hybridized carbons (Fsp3) is 0.0526. The number of rotatable bonds is 3. The quantitative estimate of drug-likeness (QED) is 0.432. The van der Waals surface area contributed by atoms with E-state index in [1.165, 1.54) is 11.1 Å². The molecule has 0 N–H and O–H groups in total. The Morgan fingerprint density at radius 3 is 2.33 bits per heavy atom. The summed E-state index contributed by atoms with van der Waals surface area (Å²) >= 11 is 6.89. The van der Waals surface area contributed by atoms with Crippen LogP contribution in [0.2, 0.25) is 0 Å². The van der Waals surface area contributed by atoms with Crippen molar-refractivity contribution in [3.63, 3.8) is 0 Å². The maximum atomic E-state index is 4.52. The van der Waals surface area contributed by atoms with E-state index in [1.807, 2.05) is 30.5 Å². The molecule has 0 atom stereocenters. The number of pyridine rings is 1. The van der Waals surface area contributed by atoms with Gasteiger partial charge in [-0.1, -0.05) is 0 Å². The fourth-order valence-electron chi connectivity index (χ4n) is 2.87. The monoisotopic (exact) mass is 443 g/mol. The van der Waals surface area contributed by atoms with Crippen LogP contribution in [0.25, 0.3) is 16.9 Å². The Bertz CT molecular complexity index is 1070. The summed E-state index contributed by atoms with van der Waals surface area (Å²) in [6, 6.07) is 22.7. The molecule has 2 aromatic heterocycles. The molecule has 0 unspecified atom stereocenters. The van der Waals surface area contributed by atoms with Crippen LogP contribution in [0.4, 0.5) is 0 Å². The summed E-state index contributed by atoms with van der Waals surface area (Å²) in [4.78, 5) is 4.52. The topological polar surface area (TPSA) is 22.8 Å². The van der Waals surface area contributed by atoms with Gasteiger partial charge in [0, 0.05) is 0 Å². The molecular weight excluding hydrogens is 429 g/mol. The molecule has 0 fully saturated rings. The van der Waals surface area contributed by atoms with Crippen molar-refractivity contribution in [1.82, 2.24) is 14.1 Å². The molecule has 5 heteroatoms. The molecule has 0 amide bonds.